The Morgan fingerprint density at radius 2 is 0.707 bits per heavy atom. The number of halogens is 13. The Kier molecular flexibility index (Phi) is 22.3. The van der Waals surface area contributed by atoms with Crippen molar-refractivity contribution < 1.29 is 71.3 Å². The quantitative estimate of drug-likeness (QED) is 0.0959. The average Bonchev–Trinajstić information content (AvgIpc) is 3.57. The molecular formula is C66H71F13O3. The van der Waals surface area contributed by atoms with Gasteiger partial charge in [0.25, 0.3) is 0 Å². The first kappa shape index (κ1) is 63.4. The van der Waals surface area contributed by atoms with Gasteiger partial charge in [-0.05, 0) is 161 Å². The van der Waals surface area contributed by atoms with Crippen LogP contribution < -0.4 is 14.2 Å². The van der Waals surface area contributed by atoms with E-state index in [4.69, 9.17) is 0 Å². The van der Waals surface area contributed by atoms with Gasteiger partial charge in [0.1, 0.15) is 11.6 Å². The normalized spacial score (nSPS) is 20.4. The lowest BCUT2D eigenvalue weighted by molar-refractivity contribution is -0.277. The van der Waals surface area contributed by atoms with E-state index < -0.39 is 48.0 Å². The van der Waals surface area contributed by atoms with E-state index in [0.29, 0.717) is 22.3 Å². The van der Waals surface area contributed by atoms with E-state index in [2.05, 4.69) is 35.0 Å². The van der Waals surface area contributed by atoms with E-state index in [9.17, 15) is 57.1 Å². The van der Waals surface area contributed by atoms with Crippen molar-refractivity contribution in [3.63, 3.8) is 0 Å². The molecule has 0 atom stereocenters. The van der Waals surface area contributed by atoms with Gasteiger partial charge in [-0.2, -0.15) is 0 Å². The Morgan fingerprint density at radius 3 is 1.11 bits per heavy atom. The molecule has 0 saturated heterocycles. The summed E-state index contributed by atoms with van der Waals surface area (Å²) < 4.78 is 177. The number of alkyl halides is 9. The lowest BCUT2D eigenvalue weighted by Gasteiger charge is -2.26. The summed E-state index contributed by atoms with van der Waals surface area (Å²) in [5, 5.41) is 0. The van der Waals surface area contributed by atoms with Gasteiger partial charge in [-0.1, -0.05) is 177 Å². The van der Waals surface area contributed by atoms with Gasteiger partial charge in [0.15, 0.2) is 23.2 Å². The summed E-state index contributed by atoms with van der Waals surface area (Å²) in [6.45, 7) is 6.91. The molecule has 82 heavy (non-hydrogen) atoms. The first-order valence-electron chi connectivity index (χ1n) is 28.4. The molecule has 0 aliphatic heterocycles. The number of ether oxygens (including phenoxy) is 3. The molecule has 0 amide bonds. The second kappa shape index (κ2) is 28.9. The number of hydrogen-bond acceptors (Lipinski definition) is 3. The van der Waals surface area contributed by atoms with Crippen molar-refractivity contribution in [2.24, 2.45) is 35.5 Å². The fraction of sp³-hybridized carbons (Fsp3) is 0.455. The third-order valence-corrected chi connectivity index (χ3v) is 16.3. The van der Waals surface area contributed by atoms with Crippen molar-refractivity contribution >= 4 is 0 Å². The molecule has 3 aliphatic rings. The van der Waals surface area contributed by atoms with Gasteiger partial charge in [0.05, 0.1) is 0 Å². The third-order valence-electron chi connectivity index (χ3n) is 16.3. The van der Waals surface area contributed by atoms with Crippen molar-refractivity contribution in [1.82, 2.24) is 0 Å². The fourth-order valence-electron chi connectivity index (χ4n) is 11.3. The third kappa shape index (κ3) is 20.6. The van der Waals surface area contributed by atoms with Crippen molar-refractivity contribution in [3.05, 3.63) is 161 Å². The molecule has 3 aliphatic carbocycles. The van der Waals surface area contributed by atoms with Crippen molar-refractivity contribution in [2.45, 2.75) is 155 Å². The topological polar surface area (TPSA) is 27.7 Å². The second-order valence-electron chi connectivity index (χ2n) is 22.8. The maximum atomic E-state index is 14.5. The highest BCUT2D eigenvalue weighted by molar-refractivity contribution is 5.67. The number of aryl methyl sites for hydroxylation is 3. The highest BCUT2D eigenvalue weighted by atomic mass is 19.4. The molecule has 0 aromatic heterocycles. The summed E-state index contributed by atoms with van der Waals surface area (Å²) in [6, 6.07) is 30.7. The summed E-state index contributed by atoms with van der Waals surface area (Å²) in [7, 11) is 0. The zero-order valence-corrected chi connectivity index (χ0v) is 46.4. The van der Waals surface area contributed by atoms with Gasteiger partial charge in [-0.15, -0.1) is 39.5 Å². The van der Waals surface area contributed by atoms with Crippen molar-refractivity contribution in [3.8, 4) is 50.6 Å². The molecule has 0 radical (unpaired) electrons. The van der Waals surface area contributed by atoms with Gasteiger partial charge < -0.3 is 14.2 Å². The molecule has 0 N–H and O–H groups in total. The van der Waals surface area contributed by atoms with Crippen molar-refractivity contribution in [1.29, 1.82) is 0 Å². The van der Waals surface area contributed by atoms with E-state index in [-0.39, 0.29) is 17.1 Å². The Balaban J connectivity index is 0.000000177. The second-order valence-corrected chi connectivity index (χ2v) is 22.8. The molecule has 0 spiro atoms. The zero-order chi connectivity index (χ0) is 59.2. The van der Waals surface area contributed by atoms with Gasteiger partial charge in [-0.25, -0.2) is 17.6 Å². The highest BCUT2D eigenvalue weighted by Gasteiger charge is 2.35. The molecule has 9 rings (SSSR count). The number of rotatable bonds is 15. The average molecular weight is 1160 g/mol. The minimum atomic E-state index is -5.15. The summed E-state index contributed by atoms with van der Waals surface area (Å²) in [4.78, 5) is 0. The molecule has 6 aromatic rings. The van der Waals surface area contributed by atoms with Gasteiger partial charge in [-0.3, -0.25) is 0 Å². The van der Waals surface area contributed by atoms with Crippen LogP contribution in [0.4, 0.5) is 57.1 Å². The Bertz CT molecular complexity index is 2890. The van der Waals surface area contributed by atoms with Gasteiger partial charge >= 0.3 is 19.1 Å². The van der Waals surface area contributed by atoms with Crippen LogP contribution in [0.2, 0.25) is 0 Å². The molecular weight excluding hydrogens is 1090 g/mol. The maximum Gasteiger partial charge on any atom is 0.573 e. The molecule has 0 heterocycles. The van der Waals surface area contributed by atoms with E-state index >= 15 is 0 Å². The smallest absolute Gasteiger partial charge is 0.406 e. The van der Waals surface area contributed by atoms with Crippen LogP contribution in [0.25, 0.3) is 33.4 Å². The standard InChI is InChI=1S/C22H23F5O.2C22H24F4O/c1-14-2-4-15(5-3-14)6-7-16-8-10-17(11-9-16)18-12-19(23)21(20(24)13-18)28-22(25,26)27;1-15-2-4-16(5-3-15)6-7-17-8-13-20(21(23)14-17)18-9-11-19(12-10-18)27-22(24,25)26;1-15-2-4-16(5-3-15)6-7-17-8-10-18(11-9-17)19-12-13-21(20(23)14-19)27-22(24,25)26/h8-15H,2-7H2,1H3;2*8-16H,2-7H2,1H3. The molecule has 3 fully saturated rings. The summed E-state index contributed by atoms with van der Waals surface area (Å²) in [6.07, 6.45) is 6.88. The Hall–Kier alpha value is -6.19. The van der Waals surface area contributed by atoms with Gasteiger partial charge in [0, 0.05) is 5.56 Å². The largest absolute Gasteiger partial charge is 0.573 e. The fourth-order valence-corrected chi connectivity index (χ4v) is 11.3. The SMILES string of the molecule is CC1CCC(CCc2ccc(-c3cc(F)c(OC(F)(F)F)c(F)c3)cc2)CC1.CC1CCC(CCc2ccc(-c3ccc(OC(F)(F)F)c(F)c3)cc2)CC1.CC1CCC(CCc2ccc(-c3ccc(OC(F)(F)F)cc3)c(F)c2)CC1. The highest BCUT2D eigenvalue weighted by Crippen LogP contribution is 2.37. The minimum Gasteiger partial charge on any atom is -0.406 e. The lowest BCUT2D eigenvalue weighted by Crippen LogP contribution is -2.19. The van der Waals surface area contributed by atoms with Crippen LogP contribution in [-0.4, -0.2) is 19.1 Å². The van der Waals surface area contributed by atoms with Crippen LogP contribution in [0, 0.1) is 58.8 Å². The maximum absolute atomic E-state index is 14.5. The predicted octanol–water partition coefficient (Wildman–Crippen LogP) is 21.6. The van der Waals surface area contributed by atoms with E-state index in [1.54, 1.807) is 24.3 Å². The van der Waals surface area contributed by atoms with Crippen LogP contribution in [0.15, 0.2) is 121 Å². The predicted molar refractivity (Wildman–Crippen MR) is 294 cm³/mol. The molecule has 3 saturated carbocycles. The number of hydrogen-bond donors (Lipinski definition) is 0. The Labute approximate surface area is 472 Å². The zero-order valence-electron chi connectivity index (χ0n) is 46.4. The monoisotopic (exact) mass is 1160 g/mol. The van der Waals surface area contributed by atoms with E-state index in [0.717, 1.165) is 109 Å². The summed E-state index contributed by atoms with van der Waals surface area (Å²) in [5.41, 5.74) is 6.22. The van der Waals surface area contributed by atoms with Crippen LogP contribution in [0.1, 0.15) is 134 Å². The van der Waals surface area contributed by atoms with Crippen LogP contribution in [0.3, 0.4) is 0 Å². The van der Waals surface area contributed by atoms with E-state index in [1.165, 1.54) is 119 Å². The van der Waals surface area contributed by atoms with Gasteiger partial charge in [0.2, 0.25) is 5.75 Å². The lowest BCUT2D eigenvalue weighted by atomic mass is 9.80. The molecule has 3 nitrogen and oxygen atoms in total. The number of benzene rings is 6. The minimum absolute atomic E-state index is 0.164. The summed E-state index contributed by atoms with van der Waals surface area (Å²) >= 11 is 0. The molecule has 444 valence electrons. The molecule has 16 heteroatoms. The molecule has 0 unspecified atom stereocenters. The summed E-state index contributed by atoms with van der Waals surface area (Å²) in [5.74, 6) is -1.93. The molecule has 6 aromatic carbocycles. The van der Waals surface area contributed by atoms with Crippen LogP contribution >= 0.6 is 0 Å². The first-order chi connectivity index (χ1) is 38.8. The van der Waals surface area contributed by atoms with Crippen LogP contribution in [0.5, 0.6) is 17.2 Å². The van der Waals surface area contributed by atoms with Crippen LogP contribution in [-0.2, 0) is 19.3 Å². The Morgan fingerprint density at radius 1 is 0.341 bits per heavy atom. The molecule has 0 bridgehead atoms. The van der Waals surface area contributed by atoms with E-state index in [1.807, 2.05) is 42.5 Å². The first-order valence-corrected chi connectivity index (χ1v) is 28.4. The van der Waals surface area contributed by atoms with Crippen molar-refractivity contribution in [2.75, 3.05) is 0 Å².